The van der Waals surface area contributed by atoms with Gasteiger partial charge in [-0.1, -0.05) is 24.3 Å². The van der Waals surface area contributed by atoms with Crippen molar-refractivity contribution < 1.29 is 14.3 Å². The summed E-state index contributed by atoms with van der Waals surface area (Å²) in [5, 5.41) is 2.73. The molecule has 5 N–H and O–H groups in total. The summed E-state index contributed by atoms with van der Waals surface area (Å²) >= 11 is 0. The molecule has 0 radical (unpaired) electrons. The molecular formula is C20H19N3O3. The Bertz CT molecular complexity index is 924. The minimum Gasteiger partial charge on any atom is -0.497 e. The zero-order valence-corrected chi connectivity index (χ0v) is 14.2. The van der Waals surface area contributed by atoms with Gasteiger partial charge in [0.05, 0.1) is 12.8 Å². The first-order valence-electron chi connectivity index (χ1n) is 7.94. The second-order valence-corrected chi connectivity index (χ2v) is 5.55. The quantitative estimate of drug-likeness (QED) is 0.615. The average Bonchev–Trinajstić information content (AvgIpc) is 2.63. The third kappa shape index (κ3) is 3.70. The van der Waals surface area contributed by atoms with E-state index in [1.807, 2.05) is 18.2 Å². The van der Waals surface area contributed by atoms with E-state index < -0.39 is 6.09 Å². The first-order chi connectivity index (χ1) is 12.6. The summed E-state index contributed by atoms with van der Waals surface area (Å²) in [4.78, 5) is 12.3. The Kier molecular flexibility index (Phi) is 4.94. The van der Waals surface area contributed by atoms with Crippen molar-refractivity contribution in [3.63, 3.8) is 0 Å². The molecule has 0 fully saturated rings. The van der Waals surface area contributed by atoms with Crippen LogP contribution in [0.15, 0.2) is 66.7 Å². The number of nitrogens with one attached hydrogen (secondary N) is 1. The van der Waals surface area contributed by atoms with Crippen molar-refractivity contribution in [1.82, 2.24) is 0 Å². The van der Waals surface area contributed by atoms with Gasteiger partial charge in [-0.05, 0) is 42.5 Å². The van der Waals surface area contributed by atoms with Crippen LogP contribution < -0.4 is 26.3 Å². The lowest BCUT2D eigenvalue weighted by Gasteiger charge is -2.15. The van der Waals surface area contributed by atoms with Crippen molar-refractivity contribution in [1.29, 1.82) is 0 Å². The van der Waals surface area contributed by atoms with Gasteiger partial charge in [0.15, 0.2) is 0 Å². The molecule has 6 nitrogen and oxygen atoms in total. The molecular weight excluding hydrogens is 330 g/mol. The summed E-state index contributed by atoms with van der Waals surface area (Å²) in [6, 6.07) is 19.3. The highest BCUT2D eigenvalue weighted by atomic mass is 16.6. The molecule has 0 bridgehead atoms. The smallest absolute Gasteiger partial charge is 0.417 e. The lowest BCUT2D eigenvalue weighted by Crippen LogP contribution is -2.17. The minimum absolute atomic E-state index is 0.396. The molecule has 6 heteroatoms. The highest BCUT2D eigenvalue weighted by Gasteiger charge is 2.14. The number of anilines is 3. The highest BCUT2D eigenvalue weighted by molar-refractivity contribution is 5.98. The van der Waals surface area contributed by atoms with Crippen LogP contribution in [0.3, 0.4) is 0 Å². The lowest BCUT2D eigenvalue weighted by molar-refractivity contribution is 0.215. The maximum atomic E-state index is 12.3. The number of amides is 1. The summed E-state index contributed by atoms with van der Waals surface area (Å²) in [6.07, 6.45) is -0.628. The molecule has 132 valence electrons. The molecule has 0 atom stereocenters. The Balaban J connectivity index is 1.84. The number of para-hydroxylation sites is 1. The van der Waals surface area contributed by atoms with Crippen LogP contribution in [0.1, 0.15) is 0 Å². The van der Waals surface area contributed by atoms with Crippen LogP contribution in [0.2, 0.25) is 0 Å². The van der Waals surface area contributed by atoms with Gasteiger partial charge in [0.1, 0.15) is 11.5 Å². The Morgan fingerprint density at radius 2 is 1.50 bits per heavy atom. The molecule has 0 spiro atoms. The predicted molar refractivity (Wildman–Crippen MR) is 103 cm³/mol. The van der Waals surface area contributed by atoms with Crippen LogP contribution in [-0.2, 0) is 0 Å². The van der Waals surface area contributed by atoms with Gasteiger partial charge in [-0.2, -0.15) is 0 Å². The van der Waals surface area contributed by atoms with E-state index in [9.17, 15) is 4.79 Å². The van der Waals surface area contributed by atoms with Crippen molar-refractivity contribution in [2.75, 3.05) is 23.9 Å². The molecule has 0 aliphatic carbocycles. The van der Waals surface area contributed by atoms with Gasteiger partial charge in [0, 0.05) is 22.5 Å². The minimum atomic E-state index is -0.628. The van der Waals surface area contributed by atoms with Gasteiger partial charge < -0.3 is 20.9 Å². The Labute approximate surface area is 151 Å². The molecule has 0 saturated carbocycles. The molecule has 0 aliphatic heterocycles. The summed E-state index contributed by atoms with van der Waals surface area (Å²) in [5.74, 6) is 1.07. The number of hydrogen-bond acceptors (Lipinski definition) is 5. The van der Waals surface area contributed by atoms with Gasteiger partial charge in [0.25, 0.3) is 0 Å². The van der Waals surface area contributed by atoms with Gasteiger partial charge in [-0.25, -0.2) is 4.79 Å². The van der Waals surface area contributed by atoms with Crippen LogP contribution in [0.5, 0.6) is 11.5 Å². The van der Waals surface area contributed by atoms with Crippen molar-refractivity contribution >= 4 is 23.2 Å². The predicted octanol–water partition coefficient (Wildman–Crippen LogP) is 4.14. The maximum absolute atomic E-state index is 12.3. The molecule has 3 aromatic carbocycles. The summed E-state index contributed by atoms with van der Waals surface area (Å²) in [6.45, 7) is 0. The topological polar surface area (TPSA) is 99.6 Å². The third-order valence-corrected chi connectivity index (χ3v) is 3.83. The van der Waals surface area contributed by atoms with Gasteiger partial charge in [-0.3, -0.25) is 5.32 Å². The van der Waals surface area contributed by atoms with E-state index in [0.29, 0.717) is 34.1 Å². The first kappa shape index (κ1) is 17.2. The van der Waals surface area contributed by atoms with Crippen molar-refractivity contribution in [3.05, 3.63) is 66.7 Å². The van der Waals surface area contributed by atoms with Crippen molar-refractivity contribution in [3.8, 4) is 22.6 Å². The van der Waals surface area contributed by atoms with Crippen LogP contribution >= 0.6 is 0 Å². The number of carbonyl (C=O) groups is 1. The number of rotatable bonds is 4. The van der Waals surface area contributed by atoms with Gasteiger partial charge in [-0.15, -0.1) is 0 Å². The number of hydrogen-bond donors (Lipinski definition) is 3. The largest absolute Gasteiger partial charge is 0.497 e. The van der Waals surface area contributed by atoms with E-state index in [1.165, 1.54) is 0 Å². The molecule has 26 heavy (non-hydrogen) atoms. The van der Waals surface area contributed by atoms with Crippen LogP contribution in [0, 0.1) is 0 Å². The lowest BCUT2D eigenvalue weighted by atomic mass is 10.00. The Morgan fingerprint density at radius 3 is 2.19 bits per heavy atom. The van der Waals surface area contributed by atoms with E-state index in [-0.39, 0.29) is 0 Å². The highest BCUT2D eigenvalue weighted by Crippen LogP contribution is 2.36. The van der Waals surface area contributed by atoms with E-state index in [2.05, 4.69) is 5.32 Å². The standard InChI is InChI=1S/C20H19N3O3/c1-25-13-9-11-14(12-10-13)26-20(24)23-18-8-4-7-17(22)19(18)15-5-2-3-6-16(15)21/h2-12H,21-22H2,1H3,(H,23,24). The SMILES string of the molecule is COc1ccc(OC(=O)Nc2cccc(N)c2-c2ccccc2N)cc1. The van der Waals surface area contributed by atoms with E-state index in [4.69, 9.17) is 20.9 Å². The average molecular weight is 349 g/mol. The molecule has 0 aliphatic rings. The van der Waals surface area contributed by atoms with Crippen LogP contribution in [0.4, 0.5) is 21.9 Å². The second-order valence-electron chi connectivity index (χ2n) is 5.55. The van der Waals surface area contributed by atoms with Crippen LogP contribution in [0.25, 0.3) is 11.1 Å². The number of nitrogen functional groups attached to an aromatic ring is 2. The van der Waals surface area contributed by atoms with Gasteiger partial charge >= 0.3 is 6.09 Å². The number of ether oxygens (including phenoxy) is 2. The van der Waals surface area contributed by atoms with Crippen molar-refractivity contribution in [2.45, 2.75) is 0 Å². The normalized spacial score (nSPS) is 10.2. The van der Waals surface area contributed by atoms with E-state index in [1.54, 1.807) is 55.6 Å². The van der Waals surface area contributed by atoms with Crippen molar-refractivity contribution in [2.24, 2.45) is 0 Å². The molecule has 0 unspecified atom stereocenters. The first-order valence-corrected chi connectivity index (χ1v) is 7.94. The fourth-order valence-electron chi connectivity index (χ4n) is 2.59. The molecule has 0 heterocycles. The molecule has 3 aromatic rings. The number of carbonyl (C=O) groups excluding carboxylic acids is 1. The second kappa shape index (κ2) is 7.48. The summed E-state index contributed by atoms with van der Waals surface area (Å²) in [7, 11) is 1.57. The molecule has 0 aromatic heterocycles. The Hall–Kier alpha value is -3.67. The van der Waals surface area contributed by atoms with Gasteiger partial charge in [0.2, 0.25) is 0 Å². The van der Waals surface area contributed by atoms with E-state index in [0.717, 1.165) is 5.56 Å². The molecule has 3 rings (SSSR count). The monoisotopic (exact) mass is 349 g/mol. The number of methoxy groups -OCH3 is 1. The zero-order valence-electron chi connectivity index (χ0n) is 14.2. The summed E-state index contributed by atoms with van der Waals surface area (Å²) in [5.41, 5.74) is 15.2. The zero-order chi connectivity index (χ0) is 18.5. The third-order valence-electron chi connectivity index (χ3n) is 3.83. The van der Waals surface area contributed by atoms with E-state index >= 15 is 0 Å². The fraction of sp³-hybridized carbons (Fsp3) is 0.0500. The number of benzene rings is 3. The molecule has 0 saturated heterocycles. The summed E-state index contributed by atoms with van der Waals surface area (Å²) < 4.78 is 10.4. The fourth-order valence-corrected chi connectivity index (χ4v) is 2.59. The van der Waals surface area contributed by atoms with Crippen LogP contribution in [-0.4, -0.2) is 13.2 Å². The Morgan fingerprint density at radius 1 is 0.846 bits per heavy atom. The molecule has 1 amide bonds. The maximum Gasteiger partial charge on any atom is 0.417 e. The number of nitrogens with two attached hydrogens (primary N) is 2.